The van der Waals surface area contributed by atoms with Gasteiger partial charge in [0, 0.05) is 13.6 Å². The number of hydrogen-bond acceptors (Lipinski definition) is 2. The van der Waals surface area contributed by atoms with Crippen LogP contribution in [-0.4, -0.2) is 17.9 Å². The molecule has 1 amide bonds. The monoisotopic (exact) mass is 311 g/mol. The Morgan fingerprint density at radius 1 is 1.28 bits per heavy atom. The van der Waals surface area contributed by atoms with Crippen molar-refractivity contribution in [3.63, 3.8) is 0 Å². The molecule has 0 aliphatic rings. The van der Waals surface area contributed by atoms with Gasteiger partial charge in [-0.1, -0.05) is 12.1 Å². The Morgan fingerprint density at radius 2 is 1.94 bits per heavy atom. The molecule has 5 heteroatoms. The lowest BCUT2D eigenvalue weighted by molar-refractivity contribution is 0.0752. The highest BCUT2D eigenvalue weighted by atomic mass is 79.9. The number of furan rings is 1. The number of carbonyl (C=O) groups excluding carboxylic acids is 1. The van der Waals surface area contributed by atoms with Crippen LogP contribution in [0.1, 0.15) is 16.1 Å². The molecule has 0 radical (unpaired) electrons. The Balaban J connectivity index is 2.05. The molecule has 0 spiro atoms. The van der Waals surface area contributed by atoms with Crippen LogP contribution < -0.4 is 0 Å². The third-order valence-corrected chi connectivity index (χ3v) is 2.89. The van der Waals surface area contributed by atoms with Gasteiger partial charge in [0.1, 0.15) is 5.82 Å². The summed E-state index contributed by atoms with van der Waals surface area (Å²) in [6.07, 6.45) is 0. The maximum atomic E-state index is 12.7. The number of amides is 1. The SMILES string of the molecule is CN(Cc1ccc(F)cc1)C(=O)c1ccc(Br)o1. The average molecular weight is 312 g/mol. The zero-order valence-corrected chi connectivity index (χ0v) is 11.3. The lowest BCUT2D eigenvalue weighted by Gasteiger charge is -2.15. The van der Waals surface area contributed by atoms with Crippen molar-refractivity contribution in [2.45, 2.75) is 6.54 Å². The first kappa shape index (κ1) is 12.8. The molecule has 0 atom stereocenters. The van der Waals surface area contributed by atoms with Gasteiger partial charge >= 0.3 is 0 Å². The second-order valence-corrected chi connectivity index (χ2v) is 4.67. The summed E-state index contributed by atoms with van der Waals surface area (Å²) < 4.78 is 18.5. The second-order valence-electron chi connectivity index (χ2n) is 3.89. The number of carbonyl (C=O) groups is 1. The third kappa shape index (κ3) is 2.98. The summed E-state index contributed by atoms with van der Waals surface area (Å²) in [7, 11) is 1.67. The van der Waals surface area contributed by atoms with E-state index in [1.807, 2.05) is 0 Å². The van der Waals surface area contributed by atoms with Crippen molar-refractivity contribution in [3.8, 4) is 0 Å². The molecule has 3 nitrogen and oxygen atoms in total. The summed E-state index contributed by atoms with van der Waals surface area (Å²) in [6, 6.07) is 9.31. The van der Waals surface area contributed by atoms with Crippen molar-refractivity contribution in [3.05, 3.63) is 58.2 Å². The predicted molar refractivity (Wildman–Crippen MR) is 68.6 cm³/mol. The minimum Gasteiger partial charge on any atom is -0.444 e. The Hall–Kier alpha value is -1.62. The third-order valence-electron chi connectivity index (χ3n) is 2.46. The highest BCUT2D eigenvalue weighted by molar-refractivity contribution is 9.10. The van der Waals surface area contributed by atoms with Crippen LogP contribution in [0, 0.1) is 5.82 Å². The summed E-state index contributed by atoms with van der Waals surface area (Å²) >= 11 is 3.15. The number of hydrogen-bond donors (Lipinski definition) is 0. The summed E-state index contributed by atoms with van der Waals surface area (Å²) in [5.74, 6) is -0.237. The smallest absolute Gasteiger partial charge is 0.289 e. The summed E-state index contributed by atoms with van der Waals surface area (Å²) in [6.45, 7) is 0.400. The fourth-order valence-corrected chi connectivity index (χ4v) is 1.86. The number of nitrogens with zero attached hydrogens (tertiary/aromatic N) is 1. The minimum absolute atomic E-state index is 0.218. The summed E-state index contributed by atoms with van der Waals surface area (Å²) in [4.78, 5) is 13.5. The quantitative estimate of drug-likeness (QED) is 0.870. The van der Waals surface area contributed by atoms with E-state index in [4.69, 9.17) is 4.42 Å². The standard InChI is InChI=1S/C13H11BrFNO2/c1-16(8-9-2-4-10(15)5-3-9)13(17)11-6-7-12(14)18-11/h2-7H,8H2,1H3. The Bertz CT molecular complexity index is 550. The number of benzene rings is 1. The van der Waals surface area contributed by atoms with Gasteiger partial charge in [-0.25, -0.2) is 4.39 Å². The van der Waals surface area contributed by atoms with Crippen LogP contribution in [0.15, 0.2) is 45.5 Å². The largest absolute Gasteiger partial charge is 0.444 e. The maximum absolute atomic E-state index is 12.7. The first-order valence-electron chi connectivity index (χ1n) is 5.31. The van der Waals surface area contributed by atoms with Gasteiger partial charge in [0.25, 0.3) is 5.91 Å². The molecular formula is C13H11BrFNO2. The van der Waals surface area contributed by atoms with Crippen molar-refractivity contribution >= 4 is 21.8 Å². The number of halogens is 2. The molecule has 1 aromatic carbocycles. The van der Waals surface area contributed by atoms with Gasteiger partial charge in [0.15, 0.2) is 10.4 Å². The van der Waals surface area contributed by atoms with E-state index in [9.17, 15) is 9.18 Å². The van der Waals surface area contributed by atoms with E-state index in [0.29, 0.717) is 11.2 Å². The van der Waals surface area contributed by atoms with Gasteiger partial charge in [0.05, 0.1) is 0 Å². The molecular weight excluding hydrogens is 301 g/mol. The van der Waals surface area contributed by atoms with E-state index in [0.717, 1.165) is 5.56 Å². The predicted octanol–water partition coefficient (Wildman–Crippen LogP) is 3.45. The molecule has 0 saturated carbocycles. The first-order chi connectivity index (χ1) is 8.56. The van der Waals surface area contributed by atoms with Crippen molar-refractivity contribution in [1.29, 1.82) is 0 Å². The van der Waals surface area contributed by atoms with Gasteiger partial charge in [0.2, 0.25) is 0 Å². The summed E-state index contributed by atoms with van der Waals surface area (Å²) in [5, 5.41) is 0. The molecule has 0 aliphatic heterocycles. The van der Waals surface area contributed by atoms with Gasteiger partial charge in [-0.2, -0.15) is 0 Å². The van der Waals surface area contributed by atoms with E-state index < -0.39 is 0 Å². The molecule has 1 heterocycles. The number of rotatable bonds is 3. The van der Waals surface area contributed by atoms with E-state index in [-0.39, 0.29) is 17.5 Å². The van der Waals surface area contributed by atoms with E-state index in [1.54, 1.807) is 31.3 Å². The van der Waals surface area contributed by atoms with Gasteiger partial charge in [-0.3, -0.25) is 4.79 Å². The van der Waals surface area contributed by atoms with Crippen LogP contribution in [0.3, 0.4) is 0 Å². The molecule has 18 heavy (non-hydrogen) atoms. The fraction of sp³-hybridized carbons (Fsp3) is 0.154. The lowest BCUT2D eigenvalue weighted by Crippen LogP contribution is -2.25. The Kier molecular flexibility index (Phi) is 3.81. The Morgan fingerprint density at radius 3 is 2.50 bits per heavy atom. The Labute approximate surface area is 112 Å². The van der Waals surface area contributed by atoms with Crippen LogP contribution in [0.5, 0.6) is 0 Å². The van der Waals surface area contributed by atoms with Gasteiger partial charge < -0.3 is 9.32 Å². The van der Waals surface area contributed by atoms with Crippen LogP contribution in [0.2, 0.25) is 0 Å². The van der Waals surface area contributed by atoms with Crippen LogP contribution >= 0.6 is 15.9 Å². The lowest BCUT2D eigenvalue weighted by atomic mass is 10.2. The van der Waals surface area contributed by atoms with Gasteiger partial charge in [-0.05, 0) is 45.8 Å². The molecule has 2 aromatic rings. The van der Waals surface area contributed by atoms with Crippen molar-refractivity contribution < 1.29 is 13.6 Å². The van der Waals surface area contributed by atoms with Crippen molar-refractivity contribution in [1.82, 2.24) is 4.90 Å². The zero-order chi connectivity index (χ0) is 13.1. The molecule has 0 saturated heterocycles. The molecule has 1 aromatic heterocycles. The average Bonchev–Trinajstić information content (AvgIpc) is 2.78. The second kappa shape index (κ2) is 5.35. The molecule has 0 aliphatic carbocycles. The van der Waals surface area contributed by atoms with E-state index >= 15 is 0 Å². The van der Waals surface area contributed by atoms with Crippen molar-refractivity contribution in [2.75, 3.05) is 7.05 Å². The fourth-order valence-electron chi connectivity index (χ4n) is 1.55. The summed E-state index contributed by atoms with van der Waals surface area (Å²) in [5.41, 5.74) is 0.859. The van der Waals surface area contributed by atoms with E-state index in [2.05, 4.69) is 15.9 Å². The maximum Gasteiger partial charge on any atom is 0.289 e. The molecule has 0 unspecified atom stereocenters. The van der Waals surface area contributed by atoms with Crippen LogP contribution in [0.25, 0.3) is 0 Å². The molecule has 0 bridgehead atoms. The topological polar surface area (TPSA) is 33.5 Å². The van der Waals surface area contributed by atoms with Crippen LogP contribution in [0.4, 0.5) is 4.39 Å². The first-order valence-corrected chi connectivity index (χ1v) is 6.11. The van der Waals surface area contributed by atoms with Gasteiger partial charge in [-0.15, -0.1) is 0 Å². The molecule has 94 valence electrons. The molecule has 0 fully saturated rings. The van der Waals surface area contributed by atoms with E-state index in [1.165, 1.54) is 17.0 Å². The molecule has 0 N–H and O–H groups in total. The normalized spacial score (nSPS) is 10.4. The minimum atomic E-state index is -0.289. The van der Waals surface area contributed by atoms with Crippen LogP contribution in [-0.2, 0) is 6.54 Å². The highest BCUT2D eigenvalue weighted by Gasteiger charge is 2.15. The van der Waals surface area contributed by atoms with Crippen molar-refractivity contribution in [2.24, 2.45) is 0 Å². The molecule has 2 rings (SSSR count). The zero-order valence-electron chi connectivity index (χ0n) is 9.69. The highest BCUT2D eigenvalue weighted by Crippen LogP contribution is 2.16.